The van der Waals surface area contributed by atoms with E-state index in [2.05, 4.69) is 66.7 Å². The Balaban J connectivity index is 2.82. The topological polar surface area (TPSA) is 3.24 Å². The van der Waals surface area contributed by atoms with Crippen LogP contribution in [0.5, 0.6) is 0 Å². The molecule has 1 aromatic carbocycles. The molecule has 1 aromatic rings. The van der Waals surface area contributed by atoms with E-state index in [-0.39, 0.29) is 0 Å². The van der Waals surface area contributed by atoms with Gasteiger partial charge in [-0.15, -0.1) is 11.6 Å². The van der Waals surface area contributed by atoms with Crippen molar-refractivity contribution in [1.82, 2.24) is 0 Å². The molecule has 1 nitrogen and oxygen atoms in total. The van der Waals surface area contributed by atoms with Gasteiger partial charge in [0.15, 0.2) is 0 Å². The van der Waals surface area contributed by atoms with Gasteiger partial charge in [-0.1, -0.05) is 49.7 Å². The lowest BCUT2D eigenvalue weighted by atomic mass is 10.1. The van der Waals surface area contributed by atoms with Crippen molar-refractivity contribution in [3.8, 4) is 0 Å². The first-order valence-electron chi connectivity index (χ1n) is 7.53. The van der Waals surface area contributed by atoms with Crippen LogP contribution in [-0.2, 0) is 5.88 Å². The van der Waals surface area contributed by atoms with Gasteiger partial charge in [-0.05, 0) is 42.4 Å². The first kappa shape index (κ1) is 17.8. The zero-order valence-corrected chi connectivity index (χ0v) is 15.5. The quantitative estimate of drug-likeness (QED) is 0.507. The van der Waals surface area contributed by atoms with Crippen LogP contribution in [-0.4, -0.2) is 13.1 Å². The molecule has 0 N–H and O–H groups in total. The first-order valence-corrected chi connectivity index (χ1v) is 8.86. The third-order valence-electron chi connectivity index (χ3n) is 3.50. The summed E-state index contributed by atoms with van der Waals surface area (Å²) in [5.74, 6) is 2.03. The molecule has 0 aromatic heterocycles. The highest BCUT2D eigenvalue weighted by Gasteiger charge is 2.10. The fraction of sp³-hybridized carbons (Fsp3) is 0.647. The Bertz CT molecular complexity index is 392. The molecule has 0 aliphatic heterocycles. The second-order valence-corrected chi connectivity index (χ2v) is 7.38. The van der Waals surface area contributed by atoms with E-state index in [0.29, 0.717) is 5.88 Å². The highest BCUT2D eigenvalue weighted by atomic mass is 79.9. The summed E-state index contributed by atoms with van der Waals surface area (Å²) in [4.78, 5) is 2.50. The van der Waals surface area contributed by atoms with Crippen LogP contribution in [0.2, 0.25) is 0 Å². The Kier molecular flexibility index (Phi) is 7.98. The Morgan fingerprint density at radius 3 is 2.00 bits per heavy atom. The highest BCUT2D eigenvalue weighted by Crippen LogP contribution is 2.26. The second-order valence-electron chi connectivity index (χ2n) is 6.26. The van der Waals surface area contributed by atoms with Crippen LogP contribution < -0.4 is 4.90 Å². The van der Waals surface area contributed by atoms with Gasteiger partial charge in [0.05, 0.1) is 0 Å². The average Bonchev–Trinajstić information content (AvgIpc) is 2.38. The zero-order valence-electron chi connectivity index (χ0n) is 13.1. The van der Waals surface area contributed by atoms with Crippen LogP contribution in [0.25, 0.3) is 0 Å². The van der Waals surface area contributed by atoms with Gasteiger partial charge in [-0.3, -0.25) is 0 Å². The molecule has 3 heteroatoms. The summed E-state index contributed by atoms with van der Waals surface area (Å²) >= 11 is 9.55. The van der Waals surface area contributed by atoms with Crippen molar-refractivity contribution in [2.45, 2.75) is 46.4 Å². The van der Waals surface area contributed by atoms with Crippen molar-refractivity contribution in [2.75, 3.05) is 18.0 Å². The SMILES string of the molecule is CC(C)CCN(CCC(C)C)c1ccc(CCl)c(Br)c1. The van der Waals surface area contributed by atoms with Crippen molar-refractivity contribution in [1.29, 1.82) is 0 Å². The van der Waals surface area contributed by atoms with Gasteiger partial charge in [0, 0.05) is 29.1 Å². The van der Waals surface area contributed by atoms with Gasteiger partial charge in [0.2, 0.25) is 0 Å². The number of alkyl halides is 1. The standard InChI is InChI=1S/C17H27BrClN/c1-13(2)7-9-20(10-8-14(3)4)16-6-5-15(12-19)17(18)11-16/h5-6,11,13-14H,7-10,12H2,1-4H3. The monoisotopic (exact) mass is 359 g/mol. The van der Waals surface area contributed by atoms with Crippen LogP contribution in [0.15, 0.2) is 22.7 Å². The minimum atomic E-state index is 0.554. The summed E-state index contributed by atoms with van der Waals surface area (Å²) in [5, 5.41) is 0. The molecule has 20 heavy (non-hydrogen) atoms. The number of hydrogen-bond acceptors (Lipinski definition) is 1. The van der Waals surface area contributed by atoms with Crippen molar-refractivity contribution in [3.63, 3.8) is 0 Å². The summed E-state index contributed by atoms with van der Waals surface area (Å²) in [7, 11) is 0. The summed E-state index contributed by atoms with van der Waals surface area (Å²) in [6.45, 7) is 11.4. The van der Waals surface area contributed by atoms with Crippen LogP contribution in [0.3, 0.4) is 0 Å². The molecule has 0 saturated heterocycles. The molecule has 0 radical (unpaired) electrons. The number of halogens is 2. The maximum atomic E-state index is 5.93. The van der Waals surface area contributed by atoms with E-state index in [1.807, 2.05) is 0 Å². The zero-order chi connectivity index (χ0) is 15.1. The molecular formula is C17H27BrClN. The van der Waals surface area contributed by atoms with Gasteiger partial charge in [-0.25, -0.2) is 0 Å². The number of benzene rings is 1. The molecule has 0 bridgehead atoms. The molecule has 1 rings (SSSR count). The number of rotatable bonds is 8. The lowest BCUT2D eigenvalue weighted by molar-refractivity contribution is 0.535. The lowest BCUT2D eigenvalue weighted by Gasteiger charge is -2.27. The van der Waals surface area contributed by atoms with Crippen molar-refractivity contribution < 1.29 is 0 Å². The Hall–Kier alpha value is -0.210. The van der Waals surface area contributed by atoms with Crippen molar-refractivity contribution in [2.24, 2.45) is 11.8 Å². The van der Waals surface area contributed by atoms with E-state index in [1.165, 1.54) is 18.5 Å². The molecule has 0 spiro atoms. The fourth-order valence-electron chi connectivity index (χ4n) is 2.04. The Labute approximate surface area is 137 Å². The molecule has 0 atom stereocenters. The highest BCUT2D eigenvalue weighted by molar-refractivity contribution is 9.10. The first-order chi connectivity index (χ1) is 9.43. The summed E-state index contributed by atoms with van der Waals surface area (Å²) in [6, 6.07) is 6.53. The van der Waals surface area contributed by atoms with Gasteiger partial charge in [-0.2, -0.15) is 0 Å². The van der Waals surface area contributed by atoms with Crippen LogP contribution in [0.1, 0.15) is 46.1 Å². The summed E-state index contributed by atoms with van der Waals surface area (Å²) in [5.41, 5.74) is 2.45. The fourth-order valence-corrected chi connectivity index (χ4v) is 2.94. The van der Waals surface area contributed by atoms with E-state index in [1.54, 1.807) is 0 Å². The number of nitrogens with zero attached hydrogens (tertiary/aromatic N) is 1. The number of hydrogen-bond donors (Lipinski definition) is 0. The number of anilines is 1. The largest absolute Gasteiger partial charge is 0.371 e. The Morgan fingerprint density at radius 2 is 1.60 bits per heavy atom. The lowest BCUT2D eigenvalue weighted by Crippen LogP contribution is -2.27. The van der Waals surface area contributed by atoms with E-state index in [0.717, 1.165) is 35.0 Å². The Morgan fingerprint density at radius 1 is 1.05 bits per heavy atom. The second kappa shape index (κ2) is 8.94. The van der Waals surface area contributed by atoms with Crippen LogP contribution in [0.4, 0.5) is 5.69 Å². The van der Waals surface area contributed by atoms with Crippen molar-refractivity contribution in [3.05, 3.63) is 28.2 Å². The maximum Gasteiger partial charge on any atom is 0.0485 e. The molecule has 0 unspecified atom stereocenters. The van der Waals surface area contributed by atoms with Crippen LogP contribution >= 0.6 is 27.5 Å². The third kappa shape index (κ3) is 6.05. The molecule has 0 aliphatic rings. The van der Waals surface area contributed by atoms with E-state index >= 15 is 0 Å². The minimum Gasteiger partial charge on any atom is -0.371 e. The molecule has 0 fully saturated rings. The molecule has 0 saturated carbocycles. The van der Waals surface area contributed by atoms with Crippen molar-refractivity contribution >= 4 is 33.2 Å². The van der Waals surface area contributed by atoms with Crippen LogP contribution in [0, 0.1) is 11.8 Å². The van der Waals surface area contributed by atoms with Gasteiger partial charge in [0.25, 0.3) is 0 Å². The normalized spacial score (nSPS) is 11.4. The van der Waals surface area contributed by atoms with Gasteiger partial charge < -0.3 is 4.90 Å². The van der Waals surface area contributed by atoms with E-state index in [9.17, 15) is 0 Å². The van der Waals surface area contributed by atoms with Gasteiger partial charge >= 0.3 is 0 Å². The third-order valence-corrected chi connectivity index (χ3v) is 4.52. The molecule has 0 aliphatic carbocycles. The molecule has 0 amide bonds. The average molecular weight is 361 g/mol. The predicted octanol–water partition coefficient (Wildman–Crippen LogP) is 6.09. The molecular weight excluding hydrogens is 334 g/mol. The summed E-state index contributed by atoms with van der Waals surface area (Å²) in [6.07, 6.45) is 2.46. The van der Waals surface area contributed by atoms with E-state index < -0.39 is 0 Å². The smallest absolute Gasteiger partial charge is 0.0485 e. The predicted molar refractivity (Wildman–Crippen MR) is 94.8 cm³/mol. The minimum absolute atomic E-state index is 0.554. The molecule has 0 heterocycles. The molecule has 114 valence electrons. The summed E-state index contributed by atoms with van der Waals surface area (Å²) < 4.78 is 1.11. The van der Waals surface area contributed by atoms with E-state index in [4.69, 9.17) is 11.6 Å². The van der Waals surface area contributed by atoms with Gasteiger partial charge in [0.1, 0.15) is 0 Å². The maximum absolute atomic E-state index is 5.93.